The van der Waals surface area contributed by atoms with Crippen molar-refractivity contribution in [2.75, 3.05) is 25.9 Å². The number of likely N-dealkylation sites (tertiary alicyclic amines) is 1. The van der Waals surface area contributed by atoms with Gasteiger partial charge in [0.05, 0.1) is 0 Å². The topological polar surface area (TPSA) is 38.5 Å². The third-order valence-corrected chi connectivity index (χ3v) is 2.84. The number of anilines is 1. The highest BCUT2D eigenvalue weighted by Gasteiger charge is 2.21. The van der Waals surface area contributed by atoms with Gasteiger partial charge >= 0.3 is 0 Å². The van der Waals surface area contributed by atoms with Gasteiger partial charge in [-0.05, 0) is 44.2 Å². The van der Waals surface area contributed by atoms with Crippen molar-refractivity contribution >= 4 is 5.69 Å². The summed E-state index contributed by atoms with van der Waals surface area (Å²) < 4.78 is 5.93. The van der Waals surface area contributed by atoms with E-state index in [4.69, 9.17) is 10.5 Å². The number of nitrogen functional groups attached to an aromatic ring is 1. The Labute approximate surface area is 90.8 Å². The second kappa shape index (κ2) is 4.11. The van der Waals surface area contributed by atoms with Gasteiger partial charge in [-0.25, -0.2) is 0 Å². The molecular weight excluding hydrogens is 188 g/mol. The predicted octanol–water partition coefficient (Wildman–Crippen LogP) is 1.66. The first kappa shape index (κ1) is 10.3. The van der Waals surface area contributed by atoms with Crippen molar-refractivity contribution < 1.29 is 4.74 Å². The minimum Gasteiger partial charge on any atom is -0.489 e. The molecule has 1 aliphatic heterocycles. The summed E-state index contributed by atoms with van der Waals surface area (Å²) in [4.78, 5) is 2.29. The number of aryl methyl sites for hydroxylation is 1. The largest absolute Gasteiger partial charge is 0.489 e. The number of hydrogen-bond donors (Lipinski definition) is 1. The van der Waals surface area contributed by atoms with Crippen molar-refractivity contribution in [2.24, 2.45) is 0 Å². The minimum absolute atomic E-state index is 0.331. The molecule has 1 aliphatic rings. The van der Waals surface area contributed by atoms with Crippen LogP contribution in [0.15, 0.2) is 18.2 Å². The molecule has 82 valence electrons. The molecule has 3 heteroatoms. The summed E-state index contributed by atoms with van der Waals surface area (Å²) in [6.45, 7) is 4.17. The zero-order valence-corrected chi connectivity index (χ0v) is 9.36. The molecule has 0 aliphatic carbocycles. The summed E-state index contributed by atoms with van der Waals surface area (Å²) in [5.74, 6) is 0.963. The van der Waals surface area contributed by atoms with E-state index in [2.05, 4.69) is 11.9 Å². The molecule has 1 atom stereocenters. The van der Waals surface area contributed by atoms with Crippen molar-refractivity contribution in [2.45, 2.75) is 19.4 Å². The molecule has 3 nitrogen and oxygen atoms in total. The maximum Gasteiger partial charge on any atom is 0.122 e. The average Bonchev–Trinajstić information content (AvgIpc) is 2.56. The molecule has 0 spiro atoms. The zero-order valence-electron chi connectivity index (χ0n) is 9.36. The lowest BCUT2D eigenvalue weighted by atomic mass is 10.2. The third-order valence-electron chi connectivity index (χ3n) is 2.84. The van der Waals surface area contributed by atoms with Gasteiger partial charge in [-0.1, -0.05) is 0 Å². The fraction of sp³-hybridized carbons (Fsp3) is 0.500. The zero-order chi connectivity index (χ0) is 10.8. The fourth-order valence-electron chi connectivity index (χ4n) is 1.98. The lowest BCUT2D eigenvalue weighted by molar-refractivity contribution is 0.207. The summed E-state index contributed by atoms with van der Waals surface area (Å²) in [6, 6.07) is 5.80. The molecule has 0 aromatic heterocycles. The lowest BCUT2D eigenvalue weighted by Crippen LogP contribution is -2.21. The summed E-state index contributed by atoms with van der Waals surface area (Å²) in [7, 11) is 2.12. The Morgan fingerprint density at radius 1 is 1.47 bits per heavy atom. The van der Waals surface area contributed by atoms with Gasteiger partial charge in [0.15, 0.2) is 0 Å². The smallest absolute Gasteiger partial charge is 0.122 e. The van der Waals surface area contributed by atoms with Crippen LogP contribution in [0.5, 0.6) is 5.75 Å². The molecule has 0 amide bonds. The summed E-state index contributed by atoms with van der Waals surface area (Å²) in [5, 5.41) is 0. The average molecular weight is 206 g/mol. The van der Waals surface area contributed by atoms with Crippen LogP contribution < -0.4 is 10.5 Å². The molecule has 15 heavy (non-hydrogen) atoms. The van der Waals surface area contributed by atoms with Crippen molar-refractivity contribution in [1.82, 2.24) is 4.90 Å². The van der Waals surface area contributed by atoms with Gasteiger partial charge in [-0.3, -0.25) is 0 Å². The lowest BCUT2D eigenvalue weighted by Gasteiger charge is -2.15. The molecule has 2 rings (SSSR count). The van der Waals surface area contributed by atoms with Crippen molar-refractivity contribution in [3.8, 4) is 5.75 Å². The van der Waals surface area contributed by atoms with E-state index in [9.17, 15) is 0 Å². The second-order valence-corrected chi connectivity index (χ2v) is 4.32. The Balaban J connectivity index is 2.04. The molecule has 0 saturated carbocycles. The quantitative estimate of drug-likeness (QED) is 0.748. The molecule has 1 aromatic carbocycles. The van der Waals surface area contributed by atoms with E-state index >= 15 is 0 Å². The molecular formula is C12H18N2O. The maximum atomic E-state index is 5.93. The van der Waals surface area contributed by atoms with Gasteiger partial charge in [0.2, 0.25) is 0 Å². The first-order chi connectivity index (χ1) is 7.15. The van der Waals surface area contributed by atoms with Crippen LogP contribution in [0, 0.1) is 6.92 Å². The number of benzene rings is 1. The Morgan fingerprint density at radius 2 is 2.27 bits per heavy atom. The number of rotatable bonds is 2. The van der Waals surface area contributed by atoms with Crippen molar-refractivity contribution in [1.29, 1.82) is 0 Å². The highest BCUT2D eigenvalue weighted by Crippen LogP contribution is 2.23. The highest BCUT2D eigenvalue weighted by molar-refractivity contribution is 5.47. The normalized spacial score (nSPS) is 21.9. The van der Waals surface area contributed by atoms with E-state index in [1.165, 1.54) is 0 Å². The second-order valence-electron chi connectivity index (χ2n) is 4.32. The first-order valence-electron chi connectivity index (χ1n) is 5.36. The Bertz CT molecular complexity index is 351. The maximum absolute atomic E-state index is 5.93. The van der Waals surface area contributed by atoms with Gasteiger partial charge in [0.25, 0.3) is 0 Å². The van der Waals surface area contributed by atoms with Gasteiger partial charge in [0.1, 0.15) is 11.9 Å². The standard InChI is InChI=1S/C12H18N2O/c1-9-7-10(13)3-4-12(9)15-11-5-6-14(2)8-11/h3-4,7,11H,5-6,8,13H2,1-2H3. The number of likely N-dealkylation sites (N-methyl/N-ethyl adjacent to an activating group) is 1. The van der Waals surface area contributed by atoms with E-state index in [0.717, 1.165) is 36.5 Å². The van der Waals surface area contributed by atoms with E-state index < -0.39 is 0 Å². The van der Waals surface area contributed by atoms with E-state index in [-0.39, 0.29) is 0 Å². The van der Waals surface area contributed by atoms with Crippen LogP contribution in [0.2, 0.25) is 0 Å². The van der Waals surface area contributed by atoms with Gasteiger partial charge in [-0.15, -0.1) is 0 Å². The van der Waals surface area contributed by atoms with E-state index in [1.807, 2.05) is 25.1 Å². The van der Waals surface area contributed by atoms with Crippen LogP contribution in [-0.2, 0) is 0 Å². The Hall–Kier alpha value is -1.22. The molecule has 0 radical (unpaired) electrons. The van der Waals surface area contributed by atoms with Gasteiger partial charge < -0.3 is 15.4 Å². The van der Waals surface area contributed by atoms with Crippen LogP contribution >= 0.6 is 0 Å². The van der Waals surface area contributed by atoms with Crippen LogP contribution in [0.25, 0.3) is 0 Å². The third kappa shape index (κ3) is 2.42. The predicted molar refractivity (Wildman–Crippen MR) is 62.1 cm³/mol. The molecule has 1 heterocycles. The molecule has 2 N–H and O–H groups in total. The molecule has 1 aromatic rings. The number of nitrogens with two attached hydrogens (primary N) is 1. The van der Waals surface area contributed by atoms with Crippen LogP contribution in [0.1, 0.15) is 12.0 Å². The summed E-state index contributed by atoms with van der Waals surface area (Å²) in [5.41, 5.74) is 7.60. The Morgan fingerprint density at radius 3 is 2.87 bits per heavy atom. The van der Waals surface area contributed by atoms with Gasteiger partial charge in [0, 0.05) is 18.8 Å². The van der Waals surface area contributed by atoms with Crippen LogP contribution in [0.3, 0.4) is 0 Å². The number of ether oxygens (including phenoxy) is 1. The van der Waals surface area contributed by atoms with E-state index in [0.29, 0.717) is 6.10 Å². The van der Waals surface area contributed by atoms with Crippen LogP contribution in [-0.4, -0.2) is 31.1 Å². The first-order valence-corrected chi connectivity index (χ1v) is 5.36. The van der Waals surface area contributed by atoms with Gasteiger partial charge in [-0.2, -0.15) is 0 Å². The Kier molecular flexibility index (Phi) is 2.82. The summed E-state index contributed by atoms with van der Waals surface area (Å²) >= 11 is 0. The van der Waals surface area contributed by atoms with Crippen molar-refractivity contribution in [3.05, 3.63) is 23.8 Å². The van der Waals surface area contributed by atoms with E-state index in [1.54, 1.807) is 0 Å². The van der Waals surface area contributed by atoms with Crippen LogP contribution in [0.4, 0.5) is 5.69 Å². The minimum atomic E-state index is 0.331. The molecule has 1 fully saturated rings. The number of hydrogen-bond acceptors (Lipinski definition) is 3. The molecule has 0 bridgehead atoms. The number of nitrogens with zero attached hydrogens (tertiary/aromatic N) is 1. The monoisotopic (exact) mass is 206 g/mol. The molecule has 1 unspecified atom stereocenters. The van der Waals surface area contributed by atoms with Crippen molar-refractivity contribution in [3.63, 3.8) is 0 Å². The summed E-state index contributed by atoms with van der Waals surface area (Å²) in [6.07, 6.45) is 1.44. The molecule has 1 saturated heterocycles. The SMILES string of the molecule is Cc1cc(N)ccc1OC1CCN(C)C1. The highest BCUT2D eigenvalue weighted by atomic mass is 16.5. The fourth-order valence-corrected chi connectivity index (χ4v) is 1.98.